The van der Waals surface area contributed by atoms with Crippen LogP contribution in [0.3, 0.4) is 0 Å². The first-order chi connectivity index (χ1) is 9.83. The third-order valence-corrected chi connectivity index (χ3v) is 4.23. The highest BCUT2D eigenvalue weighted by atomic mass is 35.5. The minimum Gasteiger partial charge on any atom is -0.437 e. The summed E-state index contributed by atoms with van der Waals surface area (Å²) >= 11 is 11.9. The van der Waals surface area contributed by atoms with E-state index in [-0.39, 0.29) is 17.1 Å². The highest BCUT2D eigenvalue weighted by molar-refractivity contribution is 6.36. The molecule has 0 saturated heterocycles. The monoisotopic (exact) mass is 324 g/mol. The molecule has 0 atom stereocenters. The summed E-state index contributed by atoms with van der Waals surface area (Å²) in [5.41, 5.74) is 7.06. The van der Waals surface area contributed by atoms with Crippen molar-refractivity contribution in [2.75, 3.05) is 5.73 Å². The van der Waals surface area contributed by atoms with Gasteiger partial charge in [-0.2, -0.15) is 4.98 Å². The van der Waals surface area contributed by atoms with Gasteiger partial charge in [0.15, 0.2) is 0 Å². The molecule has 0 spiro atoms. The van der Waals surface area contributed by atoms with Crippen LogP contribution in [0.15, 0.2) is 30.3 Å². The van der Waals surface area contributed by atoms with Crippen LogP contribution in [0.25, 0.3) is 0 Å². The zero-order chi connectivity index (χ0) is 15.6. The van der Waals surface area contributed by atoms with Gasteiger partial charge in [0.2, 0.25) is 5.88 Å². The number of pyridine rings is 1. The summed E-state index contributed by atoms with van der Waals surface area (Å²) in [6, 6.07) is 9.42. The van der Waals surface area contributed by atoms with Gasteiger partial charge in [-0.25, -0.2) is 0 Å². The Morgan fingerprint density at radius 2 is 1.76 bits per heavy atom. The average Bonchev–Trinajstić information content (AvgIpc) is 2.45. The lowest BCUT2D eigenvalue weighted by molar-refractivity contribution is 0.461. The molecule has 2 aromatic rings. The van der Waals surface area contributed by atoms with Crippen LogP contribution in [-0.4, -0.2) is 4.98 Å². The topological polar surface area (TPSA) is 48.1 Å². The van der Waals surface area contributed by atoms with E-state index in [9.17, 15) is 0 Å². The van der Waals surface area contributed by atoms with Gasteiger partial charge >= 0.3 is 0 Å². The maximum Gasteiger partial charge on any atom is 0.240 e. The number of aromatic nitrogens is 1. The smallest absolute Gasteiger partial charge is 0.240 e. The summed E-state index contributed by atoms with van der Waals surface area (Å²) in [4.78, 5) is 4.05. The maximum absolute atomic E-state index is 6.05. The third-order valence-electron chi connectivity index (χ3n) is 3.66. The minimum atomic E-state index is 0.138. The van der Waals surface area contributed by atoms with Crippen molar-refractivity contribution in [2.24, 2.45) is 0 Å². The van der Waals surface area contributed by atoms with E-state index >= 15 is 0 Å². The Morgan fingerprint density at radius 1 is 1.14 bits per heavy atom. The fourth-order valence-corrected chi connectivity index (χ4v) is 2.22. The molecule has 0 radical (unpaired) electrons. The Kier molecular flexibility index (Phi) is 4.64. The van der Waals surface area contributed by atoms with Gasteiger partial charge in [-0.1, -0.05) is 56.1 Å². The largest absolute Gasteiger partial charge is 0.437 e. The first-order valence-corrected chi connectivity index (χ1v) is 7.49. The van der Waals surface area contributed by atoms with Crippen molar-refractivity contribution in [3.63, 3.8) is 0 Å². The van der Waals surface area contributed by atoms with Crippen LogP contribution in [0, 0.1) is 0 Å². The van der Waals surface area contributed by atoms with Crippen LogP contribution < -0.4 is 10.5 Å². The fourth-order valence-electron chi connectivity index (χ4n) is 1.82. The van der Waals surface area contributed by atoms with Crippen molar-refractivity contribution >= 4 is 29.0 Å². The minimum absolute atomic E-state index is 0.138. The van der Waals surface area contributed by atoms with Crippen LogP contribution >= 0.6 is 23.2 Å². The lowest BCUT2D eigenvalue weighted by atomic mass is 9.82. The van der Waals surface area contributed by atoms with Crippen LogP contribution in [0.1, 0.15) is 32.8 Å². The number of hydrogen-bond acceptors (Lipinski definition) is 3. The molecule has 3 nitrogen and oxygen atoms in total. The van der Waals surface area contributed by atoms with E-state index in [2.05, 4.69) is 25.8 Å². The van der Waals surface area contributed by atoms with Crippen LogP contribution in [0.4, 0.5) is 5.82 Å². The van der Waals surface area contributed by atoms with Gasteiger partial charge < -0.3 is 10.5 Å². The predicted molar refractivity (Wildman–Crippen MR) is 88.5 cm³/mol. The van der Waals surface area contributed by atoms with Gasteiger partial charge in [0.05, 0.1) is 5.02 Å². The van der Waals surface area contributed by atoms with Crippen LogP contribution in [0.5, 0.6) is 11.6 Å². The van der Waals surface area contributed by atoms with E-state index < -0.39 is 0 Å². The molecule has 21 heavy (non-hydrogen) atoms. The predicted octanol–water partition coefficient (Wildman–Crippen LogP) is 5.45. The van der Waals surface area contributed by atoms with E-state index in [0.717, 1.165) is 6.42 Å². The molecule has 2 N–H and O–H groups in total. The van der Waals surface area contributed by atoms with E-state index in [1.807, 2.05) is 24.3 Å². The number of hydrogen-bond donors (Lipinski definition) is 1. The van der Waals surface area contributed by atoms with Gasteiger partial charge in [-0.05, 0) is 35.6 Å². The number of nitrogens with two attached hydrogens (primary N) is 1. The highest BCUT2D eigenvalue weighted by Crippen LogP contribution is 2.33. The Balaban J connectivity index is 2.23. The summed E-state index contributed by atoms with van der Waals surface area (Å²) in [5.74, 6) is 1.10. The lowest BCUT2D eigenvalue weighted by Gasteiger charge is -2.23. The van der Waals surface area contributed by atoms with Crippen molar-refractivity contribution < 1.29 is 4.74 Å². The lowest BCUT2D eigenvalue weighted by Crippen LogP contribution is -2.14. The second-order valence-corrected chi connectivity index (χ2v) is 6.32. The van der Waals surface area contributed by atoms with Crippen molar-refractivity contribution in [2.45, 2.75) is 32.6 Å². The molecule has 1 aromatic carbocycles. The Morgan fingerprint density at radius 3 is 2.33 bits per heavy atom. The first kappa shape index (κ1) is 15.9. The molecule has 112 valence electrons. The number of benzene rings is 1. The van der Waals surface area contributed by atoms with Gasteiger partial charge in [0.25, 0.3) is 0 Å². The number of ether oxygens (including phenoxy) is 1. The molecule has 0 aliphatic rings. The first-order valence-electron chi connectivity index (χ1n) is 6.73. The molecule has 0 saturated carbocycles. The fraction of sp³-hybridized carbons (Fsp3) is 0.312. The highest BCUT2D eigenvalue weighted by Gasteiger charge is 2.18. The number of nitrogens with zero attached hydrogens (tertiary/aromatic N) is 1. The normalized spacial score (nSPS) is 11.5. The average molecular weight is 325 g/mol. The van der Waals surface area contributed by atoms with Crippen molar-refractivity contribution in [3.8, 4) is 11.6 Å². The quantitative estimate of drug-likeness (QED) is 0.813. The number of rotatable bonds is 4. The maximum atomic E-state index is 6.05. The summed E-state index contributed by atoms with van der Waals surface area (Å²) in [6.07, 6.45) is 1.06. The summed E-state index contributed by atoms with van der Waals surface area (Å²) in [6.45, 7) is 6.59. The molecule has 0 amide bonds. The van der Waals surface area contributed by atoms with Crippen LogP contribution in [-0.2, 0) is 5.41 Å². The van der Waals surface area contributed by atoms with Crippen molar-refractivity contribution in [3.05, 3.63) is 45.9 Å². The SMILES string of the molecule is CCC(C)(C)c1ccc(Oc2nc(N)c(Cl)cc2Cl)cc1. The van der Waals surface area contributed by atoms with E-state index in [1.54, 1.807) is 0 Å². The van der Waals surface area contributed by atoms with Gasteiger partial charge in [-0.15, -0.1) is 0 Å². The second-order valence-electron chi connectivity index (χ2n) is 5.51. The number of halogens is 2. The van der Waals surface area contributed by atoms with E-state index in [4.69, 9.17) is 33.7 Å². The zero-order valence-electron chi connectivity index (χ0n) is 12.3. The summed E-state index contributed by atoms with van der Waals surface area (Å²) < 4.78 is 5.66. The molecule has 2 rings (SSSR count). The molecular weight excluding hydrogens is 307 g/mol. The second kappa shape index (κ2) is 6.12. The van der Waals surface area contributed by atoms with Crippen molar-refractivity contribution in [1.29, 1.82) is 0 Å². The molecule has 1 aromatic heterocycles. The molecule has 0 aliphatic heterocycles. The Labute approximate surface area is 135 Å². The molecule has 0 unspecified atom stereocenters. The third kappa shape index (κ3) is 3.60. The molecule has 0 fully saturated rings. The summed E-state index contributed by atoms with van der Waals surface area (Å²) in [5, 5.41) is 0.638. The molecule has 0 aliphatic carbocycles. The number of anilines is 1. The van der Waals surface area contributed by atoms with Gasteiger partial charge in [-0.3, -0.25) is 0 Å². The Bertz CT molecular complexity index is 639. The van der Waals surface area contributed by atoms with E-state index in [0.29, 0.717) is 15.8 Å². The summed E-state index contributed by atoms with van der Waals surface area (Å²) in [7, 11) is 0. The molecule has 1 heterocycles. The Hall–Kier alpha value is -1.45. The van der Waals surface area contributed by atoms with Crippen molar-refractivity contribution in [1.82, 2.24) is 4.98 Å². The van der Waals surface area contributed by atoms with Gasteiger partial charge in [0.1, 0.15) is 16.6 Å². The number of nitrogen functional groups attached to an aromatic ring is 1. The zero-order valence-corrected chi connectivity index (χ0v) is 13.8. The van der Waals surface area contributed by atoms with Crippen LogP contribution in [0.2, 0.25) is 10.0 Å². The van der Waals surface area contributed by atoms with E-state index in [1.165, 1.54) is 11.6 Å². The standard InChI is InChI=1S/C16H18Cl2N2O/c1-4-16(2,3)10-5-7-11(8-6-10)21-15-13(18)9-12(17)14(19)20-15/h5-9H,4H2,1-3H3,(H2,19,20). The van der Waals surface area contributed by atoms with Gasteiger partial charge in [0, 0.05) is 0 Å². The molecule has 0 bridgehead atoms. The molecule has 5 heteroatoms. The molecular formula is C16H18Cl2N2O.